The number of aliphatic carboxylic acids is 1. The maximum atomic E-state index is 12.3. The van der Waals surface area contributed by atoms with Crippen molar-refractivity contribution in [1.82, 2.24) is 10.2 Å². The molecular formula is C16H21ClN2O4. The Morgan fingerprint density at radius 2 is 2.17 bits per heavy atom. The van der Waals surface area contributed by atoms with Crippen LogP contribution in [0.15, 0.2) is 18.2 Å². The Labute approximate surface area is 140 Å². The molecule has 7 heteroatoms. The number of urea groups is 1. The third kappa shape index (κ3) is 4.51. The molecule has 6 nitrogen and oxygen atoms in total. The van der Waals surface area contributed by atoms with Crippen LogP contribution in [0.2, 0.25) is 5.02 Å². The Balaban J connectivity index is 1.98. The quantitative estimate of drug-likeness (QED) is 0.883. The van der Waals surface area contributed by atoms with E-state index in [-0.39, 0.29) is 18.5 Å². The van der Waals surface area contributed by atoms with E-state index < -0.39 is 11.9 Å². The van der Waals surface area contributed by atoms with Gasteiger partial charge in [-0.2, -0.15) is 0 Å². The van der Waals surface area contributed by atoms with Crippen LogP contribution in [-0.4, -0.2) is 42.2 Å². The second-order valence-electron chi connectivity index (χ2n) is 5.90. The average Bonchev–Trinajstić information content (AvgIpc) is 2.52. The molecule has 126 valence electrons. The number of ether oxygens (including phenoxy) is 1. The topological polar surface area (TPSA) is 78.9 Å². The van der Waals surface area contributed by atoms with E-state index >= 15 is 0 Å². The molecule has 1 aliphatic rings. The number of likely N-dealkylation sites (tertiary alicyclic amines) is 1. The second-order valence-corrected chi connectivity index (χ2v) is 6.33. The summed E-state index contributed by atoms with van der Waals surface area (Å²) in [4.78, 5) is 25.0. The van der Waals surface area contributed by atoms with Crippen molar-refractivity contribution in [3.8, 4) is 5.75 Å². The third-order valence-corrected chi connectivity index (χ3v) is 4.21. The van der Waals surface area contributed by atoms with Gasteiger partial charge in [-0.3, -0.25) is 4.79 Å². The van der Waals surface area contributed by atoms with Crippen LogP contribution in [0.4, 0.5) is 4.79 Å². The zero-order chi connectivity index (χ0) is 17.0. The molecule has 1 aromatic carbocycles. The van der Waals surface area contributed by atoms with E-state index in [4.69, 9.17) is 16.3 Å². The molecule has 0 bridgehead atoms. The first-order chi connectivity index (χ1) is 10.9. The average molecular weight is 341 g/mol. The maximum Gasteiger partial charge on any atom is 0.317 e. The van der Waals surface area contributed by atoms with Gasteiger partial charge >= 0.3 is 12.0 Å². The Morgan fingerprint density at radius 3 is 2.83 bits per heavy atom. The van der Waals surface area contributed by atoms with Gasteiger partial charge in [-0.15, -0.1) is 0 Å². The molecule has 1 saturated heterocycles. The highest BCUT2D eigenvalue weighted by Crippen LogP contribution is 2.24. The van der Waals surface area contributed by atoms with Crippen molar-refractivity contribution >= 4 is 23.6 Å². The van der Waals surface area contributed by atoms with E-state index in [1.807, 2.05) is 6.92 Å². The van der Waals surface area contributed by atoms with Crippen LogP contribution < -0.4 is 10.1 Å². The number of carbonyl (C=O) groups excluding carboxylic acids is 1. The number of amides is 2. The van der Waals surface area contributed by atoms with Gasteiger partial charge in [0, 0.05) is 30.2 Å². The summed E-state index contributed by atoms with van der Waals surface area (Å²) in [5.74, 6) is -0.586. The second kappa shape index (κ2) is 7.55. The van der Waals surface area contributed by atoms with Crippen LogP contribution in [0.1, 0.15) is 18.9 Å². The molecule has 0 aromatic heterocycles. The number of nitrogens with zero attached hydrogens (tertiary/aromatic N) is 1. The van der Waals surface area contributed by atoms with Crippen LogP contribution in [0, 0.1) is 11.8 Å². The van der Waals surface area contributed by atoms with Crippen molar-refractivity contribution < 1.29 is 19.4 Å². The van der Waals surface area contributed by atoms with E-state index in [0.717, 1.165) is 5.56 Å². The molecule has 0 saturated carbocycles. The number of nitrogens with one attached hydrogen (secondary N) is 1. The van der Waals surface area contributed by atoms with Gasteiger partial charge in [-0.05, 0) is 24.5 Å². The van der Waals surface area contributed by atoms with Crippen LogP contribution in [0.5, 0.6) is 5.75 Å². The van der Waals surface area contributed by atoms with Crippen LogP contribution in [-0.2, 0) is 11.3 Å². The zero-order valence-corrected chi connectivity index (χ0v) is 14.0. The Hall–Kier alpha value is -1.95. The van der Waals surface area contributed by atoms with Crippen molar-refractivity contribution in [3.05, 3.63) is 28.8 Å². The summed E-state index contributed by atoms with van der Waals surface area (Å²) in [5.41, 5.74) is 0.810. The number of methoxy groups -OCH3 is 1. The van der Waals surface area contributed by atoms with E-state index in [1.54, 1.807) is 30.2 Å². The van der Waals surface area contributed by atoms with Crippen LogP contribution in [0.25, 0.3) is 0 Å². The summed E-state index contributed by atoms with van der Waals surface area (Å²) in [6.45, 7) is 3.05. The van der Waals surface area contributed by atoms with Gasteiger partial charge in [0.1, 0.15) is 5.75 Å². The largest absolute Gasteiger partial charge is 0.496 e. The first-order valence-corrected chi connectivity index (χ1v) is 7.86. The molecule has 2 atom stereocenters. The van der Waals surface area contributed by atoms with Gasteiger partial charge in [-0.1, -0.05) is 24.6 Å². The number of benzene rings is 1. The van der Waals surface area contributed by atoms with Gasteiger partial charge in [0.2, 0.25) is 0 Å². The van der Waals surface area contributed by atoms with Gasteiger partial charge in [0.05, 0.1) is 13.0 Å². The Morgan fingerprint density at radius 1 is 1.43 bits per heavy atom. The lowest BCUT2D eigenvalue weighted by Crippen LogP contribution is -2.49. The van der Waals surface area contributed by atoms with Gasteiger partial charge < -0.3 is 20.1 Å². The molecule has 0 spiro atoms. The highest BCUT2D eigenvalue weighted by atomic mass is 35.5. The first kappa shape index (κ1) is 17.4. The van der Waals surface area contributed by atoms with Gasteiger partial charge in [0.15, 0.2) is 0 Å². The molecule has 2 N–H and O–H groups in total. The number of rotatable bonds is 4. The lowest BCUT2D eigenvalue weighted by Gasteiger charge is -2.34. The van der Waals surface area contributed by atoms with Crippen molar-refractivity contribution in [2.45, 2.75) is 19.9 Å². The number of piperidine rings is 1. The molecule has 2 unspecified atom stereocenters. The Bertz CT molecular complexity index is 593. The number of carboxylic acids is 1. The van der Waals surface area contributed by atoms with E-state index in [0.29, 0.717) is 30.3 Å². The Kier molecular flexibility index (Phi) is 5.71. The predicted octanol–water partition coefficient (Wildman–Crippen LogP) is 2.60. The minimum atomic E-state index is -0.853. The summed E-state index contributed by atoms with van der Waals surface area (Å²) < 4.78 is 5.24. The fraction of sp³-hybridized carbons (Fsp3) is 0.500. The summed E-state index contributed by atoms with van der Waals surface area (Å²) >= 11 is 5.91. The van der Waals surface area contributed by atoms with Gasteiger partial charge in [-0.25, -0.2) is 4.79 Å². The lowest BCUT2D eigenvalue weighted by atomic mass is 9.91. The summed E-state index contributed by atoms with van der Waals surface area (Å²) in [6, 6.07) is 4.95. The fourth-order valence-corrected chi connectivity index (χ4v) is 3.01. The monoisotopic (exact) mass is 340 g/mol. The zero-order valence-electron chi connectivity index (χ0n) is 13.2. The number of halogens is 1. The third-order valence-electron chi connectivity index (χ3n) is 3.98. The number of carbonyl (C=O) groups is 2. The molecular weight excluding hydrogens is 320 g/mol. The maximum absolute atomic E-state index is 12.3. The van der Waals surface area contributed by atoms with Crippen molar-refractivity contribution in [2.24, 2.45) is 11.8 Å². The molecule has 0 aliphatic carbocycles. The standard InChI is InChI=1S/C16H21ClN2O4/c1-10-5-12(15(20)21)9-19(8-10)16(22)18-7-11-3-4-13(17)6-14(11)23-2/h3-4,6,10,12H,5,7-9H2,1-2H3,(H,18,22)(H,20,21). The highest BCUT2D eigenvalue weighted by molar-refractivity contribution is 6.30. The van der Waals surface area contributed by atoms with Crippen molar-refractivity contribution in [3.63, 3.8) is 0 Å². The number of hydrogen-bond donors (Lipinski definition) is 2. The molecule has 2 rings (SSSR count). The smallest absolute Gasteiger partial charge is 0.317 e. The summed E-state index contributed by atoms with van der Waals surface area (Å²) in [6.07, 6.45) is 0.601. The molecule has 1 aliphatic heterocycles. The fourth-order valence-electron chi connectivity index (χ4n) is 2.84. The SMILES string of the molecule is COc1cc(Cl)ccc1CNC(=O)N1CC(C)CC(C(=O)O)C1. The van der Waals surface area contributed by atoms with E-state index in [2.05, 4.69) is 5.32 Å². The van der Waals surface area contributed by atoms with Crippen molar-refractivity contribution in [1.29, 1.82) is 0 Å². The molecule has 23 heavy (non-hydrogen) atoms. The van der Waals surface area contributed by atoms with Crippen molar-refractivity contribution in [2.75, 3.05) is 20.2 Å². The molecule has 1 aromatic rings. The summed E-state index contributed by atoms with van der Waals surface area (Å²) in [7, 11) is 1.54. The normalized spacial score (nSPS) is 20.9. The lowest BCUT2D eigenvalue weighted by molar-refractivity contribution is -0.143. The minimum absolute atomic E-state index is 0.167. The van der Waals surface area contributed by atoms with Gasteiger partial charge in [0.25, 0.3) is 0 Å². The molecule has 2 amide bonds. The molecule has 0 radical (unpaired) electrons. The highest BCUT2D eigenvalue weighted by Gasteiger charge is 2.31. The number of hydrogen-bond acceptors (Lipinski definition) is 3. The number of carboxylic acid groups (broad SMARTS) is 1. The van der Waals surface area contributed by atoms with E-state index in [9.17, 15) is 14.7 Å². The predicted molar refractivity (Wildman–Crippen MR) is 86.7 cm³/mol. The molecule has 1 fully saturated rings. The first-order valence-electron chi connectivity index (χ1n) is 7.48. The minimum Gasteiger partial charge on any atom is -0.496 e. The summed E-state index contributed by atoms with van der Waals surface area (Å²) in [5, 5.41) is 12.5. The van der Waals surface area contributed by atoms with Crippen LogP contribution in [0.3, 0.4) is 0 Å². The molecule has 1 heterocycles. The van der Waals surface area contributed by atoms with Crippen LogP contribution >= 0.6 is 11.6 Å². The van der Waals surface area contributed by atoms with E-state index in [1.165, 1.54) is 0 Å².